The lowest BCUT2D eigenvalue weighted by atomic mass is 9.73. The molecule has 128 valence electrons. The van der Waals surface area contributed by atoms with Gasteiger partial charge in [0.2, 0.25) is 0 Å². The SMILES string of the molecule is CC(C)C1=C2C=C(C(=O)[Si](C)(C)c3ccccc3)CCC2(C)CC1. The molecule has 0 radical (unpaired) electrons. The third kappa shape index (κ3) is 2.86. The number of fused-ring (bicyclic) bond motifs is 1. The average Bonchev–Trinajstić information content (AvgIpc) is 2.91. The Labute approximate surface area is 147 Å². The fourth-order valence-corrected chi connectivity index (χ4v) is 6.71. The van der Waals surface area contributed by atoms with Gasteiger partial charge >= 0.3 is 0 Å². The van der Waals surface area contributed by atoms with Crippen molar-refractivity contribution in [2.45, 2.75) is 59.5 Å². The Morgan fingerprint density at radius 3 is 2.33 bits per heavy atom. The minimum absolute atomic E-state index is 0.307. The van der Waals surface area contributed by atoms with Gasteiger partial charge in [-0.3, -0.25) is 4.79 Å². The summed E-state index contributed by atoms with van der Waals surface area (Å²) >= 11 is 0. The molecule has 1 unspecified atom stereocenters. The molecule has 0 spiro atoms. The first-order chi connectivity index (χ1) is 11.3. The van der Waals surface area contributed by atoms with Gasteiger partial charge in [0, 0.05) is 0 Å². The van der Waals surface area contributed by atoms with Gasteiger partial charge in [-0.05, 0) is 48.2 Å². The van der Waals surface area contributed by atoms with E-state index in [2.05, 4.69) is 64.2 Å². The van der Waals surface area contributed by atoms with Crippen LogP contribution in [-0.2, 0) is 4.79 Å². The van der Waals surface area contributed by atoms with Crippen LogP contribution in [0.5, 0.6) is 0 Å². The normalized spacial score (nSPS) is 24.2. The molecule has 24 heavy (non-hydrogen) atoms. The third-order valence-electron chi connectivity index (χ3n) is 6.26. The van der Waals surface area contributed by atoms with Crippen LogP contribution in [0.15, 0.2) is 53.1 Å². The van der Waals surface area contributed by atoms with Crippen molar-refractivity contribution in [3.63, 3.8) is 0 Å². The van der Waals surface area contributed by atoms with Crippen LogP contribution in [0.3, 0.4) is 0 Å². The van der Waals surface area contributed by atoms with Crippen molar-refractivity contribution in [3.8, 4) is 0 Å². The minimum atomic E-state index is -2.12. The molecule has 0 N–H and O–H groups in total. The summed E-state index contributed by atoms with van der Waals surface area (Å²) < 4.78 is 0. The fraction of sp³-hybridized carbons (Fsp3) is 0.500. The van der Waals surface area contributed by atoms with Crippen molar-refractivity contribution >= 4 is 18.7 Å². The number of hydrogen-bond acceptors (Lipinski definition) is 1. The number of carbonyl (C=O) groups excluding carboxylic acids is 1. The quantitative estimate of drug-likeness (QED) is 0.691. The van der Waals surface area contributed by atoms with E-state index in [-0.39, 0.29) is 0 Å². The lowest BCUT2D eigenvalue weighted by Crippen LogP contribution is -2.50. The molecule has 0 aliphatic heterocycles. The first kappa shape index (κ1) is 17.4. The monoisotopic (exact) mass is 338 g/mol. The highest BCUT2D eigenvalue weighted by Crippen LogP contribution is 2.52. The topological polar surface area (TPSA) is 17.1 Å². The largest absolute Gasteiger partial charge is 0.300 e. The van der Waals surface area contributed by atoms with Crippen LogP contribution in [0, 0.1) is 11.3 Å². The Bertz CT molecular complexity index is 709. The van der Waals surface area contributed by atoms with Crippen molar-refractivity contribution in [1.29, 1.82) is 0 Å². The maximum atomic E-state index is 13.4. The van der Waals surface area contributed by atoms with Gasteiger partial charge in [-0.2, -0.15) is 0 Å². The highest BCUT2D eigenvalue weighted by molar-refractivity contribution is 7.14. The zero-order valence-corrected chi connectivity index (χ0v) is 16.8. The van der Waals surface area contributed by atoms with Crippen LogP contribution in [0.4, 0.5) is 0 Å². The Balaban J connectivity index is 1.98. The third-order valence-corrected chi connectivity index (χ3v) is 9.49. The molecule has 0 saturated heterocycles. The summed E-state index contributed by atoms with van der Waals surface area (Å²) in [5.41, 5.74) is 4.47. The van der Waals surface area contributed by atoms with E-state index in [1.54, 1.807) is 5.57 Å². The van der Waals surface area contributed by atoms with Crippen molar-refractivity contribution in [3.05, 3.63) is 53.1 Å². The van der Waals surface area contributed by atoms with Crippen LogP contribution in [0.1, 0.15) is 46.5 Å². The van der Waals surface area contributed by atoms with Crippen molar-refractivity contribution in [2.24, 2.45) is 11.3 Å². The van der Waals surface area contributed by atoms with E-state index in [0.29, 0.717) is 16.7 Å². The van der Waals surface area contributed by atoms with Gasteiger partial charge in [-0.15, -0.1) is 0 Å². The highest BCUT2D eigenvalue weighted by Gasteiger charge is 2.42. The molecule has 2 heteroatoms. The molecule has 2 aliphatic rings. The molecule has 1 aromatic carbocycles. The molecule has 1 aromatic rings. The molecule has 3 rings (SSSR count). The molecule has 0 aromatic heterocycles. The summed E-state index contributed by atoms with van der Waals surface area (Å²) in [6.45, 7) is 11.4. The van der Waals surface area contributed by atoms with Gasteiger partial charge in [-0.1, -0.05) is 81.0 Å². The number of rotatable bonds is 4. The second kappa shape index (κ2) is 6.14. The van der Waals surface area contributed by atoms with Crippen LogP contribution in [0.2, 0.25) is 13.1 Å². The van der Waals surface area contributed by atoms with E-state index in [1.165, 1.54) is 23.6 Å². The number of carbonyl (C=O) groups is 1. The van der Waals surface area contributed by atoms with Gasteiger partial charge in [0.05, 0.1) is 0 Å². The van der Waals surface area contributed by atoms with Crippen LogP contribution >= 0.6 is 0 Å². The predicted octanol–water partition coefficient (Wildman–Crippen LogP) is 5.18. The molecular weight excluding hydrogens is 308 g/mol. The zero-order chi connectivity index (χ0) is 17.5. The lowest BCUT2D eigenvalue weighted by molar-refractivity contribution is -0.109. The van der Waals surface area contributed by atoms with Crippen LogP contribution in [0.25, 0.3) is 0 Å². The molecule has 0 bridgehead atoms. The summed E-state index contributed by atoms with van der Waals surface area (Å²) in [6, 6.07) is 10.4. The van der Waals surface area contributed by atoms with E-state index >= 15 is 0 Å². The van der Waals surface area contributed by atoms with E-state index in [9.17, 15) is 4.79 Å². The Kier molecular flexibility index (Phi) is 4.46. The van der Waals surface area contributed by atoms with Crippen LogP contribution < -0.4 is 5.19 Å². The molecular formula is C22H30OSi. The van der Waals surface area contributed by atoms with E-state index in [1.807, 2.05) is 6.07 Å². The summed E-state index contributed by atoms with van der Waals surface area (Å²) in [7, 11) is -2.12. The molecule has 0 heterocycles. The molecule has 1 nitrogen and oxygen atoms in total. The minimum Gasteiger partial charge on any atom is -0.300 e. The fourth-order valence-electron chi connectivity index (χ4n) is 4.42. The molecule has 0 fully saturated rings. The van der Waals surface area contributed by atoms with Gasteiger partial charge in [0.1, 0.15) is 5.41 Å². The van der Waals surface area contributed by atoms with Gasteiger partial charge in [-0.25, -0.2) is 0 Å². The van der Waals surface area contributed by atoms with E-state index in [0.717, 1.165) is 18.4 Å². The standard InChI is InChI=1S/C22H30OSi/c1-16(2)19-12-14-22(3)13-11-17(15-20(19)22)21(23)24(4,5)18-9-7-6-8-10-18/h6-10,15-16H,11-14H2,1-5H3. The van der Waals surface area contributed by atoms with Crippen molar-refractivity contribution < 1.29 is 4.79 Å². The Hall–Kier alpha value is -1.41. The van der Waals surface area contributed by atoms with Crippen molar-refractivity contribution in [1.82, 2.24) is 0 Å². The van der Waals surface area contributed by atoms with Crippen LogP contribution in [-0.4, -0.2) is 13.5 Å². The summed E-state index contributed by atoms with van der Waals surface area (Å²) in [5.74, 6) is 0.590. The van der Waals surface area contributed by atoms with E-state index < -0.39 is 8.07 Å². The summed E-state index contributed by atoms with van der Waals surface area (Å²) in [5, 5.41) is 1.67. The Morgan fingerprint density at radius 2 is 1.71 bits per heavy atom. The molecule has 2 aliphatic carbocycles. The number of benzene rings is 1. The summed E-state index contributed by atoms with van der Waals surface area (Å²) in [6.07, 6.45) is 6.85. The maximum Gasteiger partial charge on any atom is 0.163 e. The highest BCUT2D eigenvalue weighted by atomic mass is 28.3. The van der Waals surface area contributed by atoms with Gasteiger partial charge in [0.15, 0.2) is 8.07 Å². The predicted molar refractivity (Wildman–Crippen MR) is 105 cm³/mol. The first-order valence-electron chi connectivity index (χ1n) is 9.30. The van der Waals surface area contributed by atoms with E-state index in [4.69, 9.17) is 0 Å². The summed E-state index contributed by atoms with van der Waals surface area (Å²) in [4.78, 5) is 13.4. The van der Waals surface area contributed by atoms with Crippen molar-refractivity contribution in [2.75, 3.05) is 0 Å². The van der Waals surface area contributed by atoms with Gasteiger partial charge in [0.25, 0.3) is 0 Å². The second-order valence-corrected chi connectivity index (χ2v) is 12.9. The zero-order valence-electron chi connectivity index (χ0n) is 15.8. The first-order valence-corrected chi connectivity index (χ1v) is 12.3. The lowest BCUT2D eigenvalue weighted by Gasteiger charge is -2.34. The molecule has 1 atom stereocenters. The smallest absolute Gasteiger partial charge is 0.163 e. The second-order valence-electron chi connectivity index (χ2n) is 8.64. The number of allylic oxidation sites excluding steroid dienone is 4. The number of hydrogen-bond donors (Lipinski definition) is 0. The van der Waals surface area contributed by atoms with Gasteiger partial charge < -0.3 is 0 Å². The molecule has 0 amide bonds. The molecule has 0 saturated carbocycles. The average molecular weight is 339 g/mol. The maximum absolute atomic E-state index is 13.4. The Morgan fingerprint density at radius 1 is 1.08 bits per heavy atom.